The number of rotatable bonds is 5. The highest BCUT2D eigenvalue weighted by Gasteiger charge is 2.47. The highest BCUT2D eigenvalue weighted by Crippen LogP contribution is 2.45. The van der Waals surface area contributed by atoms with Crippen molar-refractivity contribution in [2.24, 2.45) is 11.3 Å². The molecule has 0 saturated carbocycles. The zero-order chi connectivity index (χ0) is 17.8. The minimum atomic E-state index is 0.282. The van der Waals surface area contributed by atoms with Crippen molar-refractivity contribution in [3.63, 3.8) is 0 Å². The van der Waals surface area contributed by atoms with Crippen molar-refractivity contribution in [1.29, 1.82) is 0 Å². The van der Waals surface area contributed by atoms with E-state index in [2.05, 4.69) is 57.2 Å². The Balaban J connectivity index is 1.37. The van der Waals surface area contributed by atoms with Crippen molar-refractivity contribution in [1.82, 2.24) is 14.8 Å². The summed E-state index contributed by atoms with van der Waals surface area (Å²) >= 11 is 0. The molecule has 1 atom stereocenters. The lowest BCUT2D eigenvalue weighted by Crippen LogP contribution is -2.44. The van der Waals surface area contributed by atoms with Crippen molar-refractivity contribution < 1.29 is 5.11 Å². The maximum atomic E-state index is 10.0. The number of hydrogen-bond donors (Lipinski definition) is 1. The first kappa shape index (κ1) is 17.7. The quantitative estimate of drug-likeness (QED) is 0.899. The number of aliphatic hydroxyl groups excluding tert-OH is 1. The zero-order valence-corrected chi connectivity index (χ0v) is 15.4. The SMILES string of the molecule is OCC1CN(Cc2ccccc2)CC12CCN(Cc1ccccn1)CC2. The molecule has 1 unspecified atom stereocenters. The second-order valence-electron chi connectivity index (χ2n) is 7.99. The van der Waals surface area contributed by atoms with Gasteiger partial charge in [0, 0.05) is 44.9 Å². The molecular formula is C22H29N3O. The van der Waals surface area contributed by atoms with Crippen LogP contribution in [0.1, 0.15) is 24.1 Å². The highest BCUT2D eigenvalue weighted by atomic mass is 16.3. The molecular weight excluding hydrogens is 322 g/mol. The summed E-state index contributed by atoms with van der Waals surface area (Å²) in [6.45, 7) is 6.59. The molecule has 2 fully saturated rings. The molecule has 0 aliphatic carbocycles. The predicted octanol–water partition coefficient (Wildman–Crippen LogP) is 2.79. The van der Waals surface area contributed by atoms with E-state index in [0.29, 0.717) is 12.5 Å². The van der Waals surface area contributed by atoms with E-state index in [1.807, 2.05) is 12.3 Å². The van der Waals surface area contributed by atoms with Crippen LogP contribution in [0, 0.1) is 11.3 Å². The topological polar surface area (TPSA) is 39.6 Å². The standard InChI is InChI=1S/C22H29N3O/c26-17-20-15-25(14-19-6-2-1-3-7-19)18-22(20)9-12-24(13-10-22)16-21-8-4-5-11-23-21/h1-8,11,20,26H,9-10,12-18H2. The molecule has 0 amide bonds. The largest absolute Gasteiger partial charge is 0.396 e. The Morgan fingerprint density at radius 3 is 2.42 bits per heavy atom. The van der Waals surface area contributed by atoms with Gasteiger partial charge >= 0.3 is 0 Å². The molecule has 4 heteroatoms. The minimum absolute atomic E-state index is 0.282. The van der Waals surface area contributed by atoms with Crippen LogP contribution in [0.4, 0.5) is 0 Å². The number of piperidine rings is 1. The summed E-state index contributed by atoms with van der Waals surface area (Å²) in [5, 5.41) is 10.0. The van der Waals surface area contributed by atoms with Gasteiger partial charge in [-0.15, -0.1) is 0 Å². The van der Waals surface area contributed by atoms with Gasteiger partial charge in [-0.25, -0.2) is 0 Å². The van der Waals surface area contributed by atoms with Gasteiger partial charge in [-0.2, -0.15) is 0 Å². The fourth-order valence-electron chi connectivity index (χ4n) is 4.80. The smallest absolute Gasteiger partial charge is 0.0543 e. The Labute approximate surface area is 156 Å². The van der Waals surface area contributed by atoms with E-state index >= 15 is 0 Å². The molecule has 4 rings (SSSR count). The predicted molar refractivity (Wildman–Crippen MR) is 103 cm³/mol. The van der Waals surface area contributed by atoms with Crippen LogP contribution in [0.5, 0.6) is 0 Å². The van der Waals surface area contributed by atoms with Gasteiger partial charge in [0.2, 0.25) is 0 Å². The summed E-state index contributed by atoms with van der Waals surface area (Å²) in [6.07, 6.45) is 4.23. The molecule has 2 aliphatic rings. The second kappa shape index (κ2) is 7.87. The number of benzene rings is 1. The lowest BCUT2D eigenvalue weighted by molar-refractivity contribution is 0.0477. The van der Waals surface area contributed by atoms with E-state index in [-0.39, 0.29) is 5.41 Å². The Morgan fingerprint density at radius 1 is 0.962 bits per heavy atom. The minimum Gasteiger partial charge on any atom is -0.396 e. The molecule has 138 valence electrons. The summed E-state index contributed by atoms with van der Waals surface area (Å²) in [5.41, 5.74) is 2.80. The van der Waals surface area contributed by atoms with E-state index in [9.17, 15) is 5.11 Å². The highest BCUT2D eigenvalue weighted by molar-refractivity contribution is 5.15. The van der Waals surface area contributed by atoms with Crippen LogP contribution in [0.25, 0.3) is 0 Å². The second-order valence-corrected chi connectivity index (χ2v) is 7.99. The van der Waals surface area contributed by atoms with Gasteiger partial charge in [0.05, 0.1) is 5.69 Å². The van der Waals surface area contributed by atoms with Crippen LogP contribution in [0.2, 0.25) is 0 Å². The average Bonchev–Trinajstić information content (AvgIpc) is 3.02. The fourth-order valence-corrected chi connectivity index (χ4v) is 4.80. The molecule has 3 heterocycles. The lowest BCUT2D eigenvalue weighted by Gasteiger charge is -2.42. The summed E-state index contributed by atoms with van der Waals surface area (Å²) in [7, 11) is 0. The van der Waals surface area contributed by atoms with Crippen LogP contribution >= 0.6 is 0 Å². The Hall–Kier alpha value is -1.75. The molecule has 1 aromatic heterocycles. The van der Waals surface area contributed by atoms with Crippen LogP contribution < -0.4 is 0 Å². The number of nitrogens with zero attached hydrogens (tertiary/aromatic N) is 3. The third kappa shape index (κ3) is 3.83. The van der Waals surface area contributed by atoms with E-state index < -0.39 is 0 Å². The van der Waals surface area contributed by atoms with Gasteiger partial charge in [-0.05, 0) is 49.0 Å². The average molecular weight is 351 g/mol. The van der Waals surface area contributed by atoms with Gasteiger partial charge in [0.1, 0.15) is 0 Å². The van der Waals surface area contributed by atoms with Gasteiger partial charge in [-0.3, -0.25) is 14.8 Å². The summed E-state index contributed by atoms with van der Waals surface area (Å²) in [5.74, 6) is 0.406. The van der Waals surface area contributed by atoms with Crippen molar-refractivity contribution in [2.75, 3.05) is 32.8 Å². The number of aliphatic hydroxyl groups is 1. The third-order valence-electron chi connectivity index (χ3n) is 6.32. The van der Waals surface area contributed by atoms with Crippen molar-refractivity contribution in [3.8, 4) is 0 Å². The van der Waals surface area contributed by atoms with E-state index in [0.717, 1.165) is 45.0 Å². The molecule has 2 aliphatic heterocycles. The first-order chi connectivity index (χ1) is 12.8. The maximum Gasteiger partial charge on any atom is 0.0543 e. The Kier molecular flexibility index (Phi) is 5.34. The molecule has 1 N–H and O–H groups in total. The zero-order valence-electron chi connectivity index (χ0n) is 15.4. The molecule has 2 saturated heterocycles. The first-order valence-electron chi connectivity index (χ1n) is 9.77. The number of pyridine rings is 1. The molecule has 1 aromatic carbocycles. The van der Waals surface area contributed by atoms with Crippen molar-refractivity contribution in [2.45, 2.75) is 25.9 Å². The number of aromatic nitrogens is 1. The van der Waals surface area contributed by atoms with Crippen molar-refractivity contribution >= 4 is 0 Å². The summed E-state index contributed by atoms with van der Waals surface area (Å²) in [6, 6.07) is 16.8. The first-order valence-corrected chi connectivity index (χ1v) is 9.77. The van der Waals surface area contributed by atoms with E-state index in [4.69, 9.17) is 0 Å². The van der Waals surface area contributed by atoms with Crippen LogP contribution in [-0.4, -0.2) is 52.7 Å². The van der Waals surface area contributed by atoms with Crippen LogP contribution in [0.15, 0.2) is 54.7 Å². The molecule has 1 spiro atoms. The Bertz CT molecular complexity index is 683. The molecule has 4 nitrogen and oxygen atoms in total. The third-order valence-corrected chi connectivity index (χ3v) is 6.32. The monoisotopic (exact) mass is 351 g/mol. The summed E-state index contributed by atoms with van der Waals surface area (Å²) < 4.78 is 0. The molecule has 0 radical (unpaired) electrons. The molecule has 26 heavy (non-hydrogen) atoms. The normalized spacial score (nSPS) is 23.5. The van der Waals surface area contributed by atoms with Crippen LogP contribution in [-0.2, 0) is 13.1 Å². The van der Waals surface area contributed by atoms with E-state index in [1.165, 1.54) is 18.4 Å². The number of likely N-dealkylation sites (tertiary alicyclic amines) is 2. The van der Waals surface area contributed by atoms with Crippen molar-refractivity contribution in [3.05, 3.63) is 66.0 Å². The van der Waals surface area contributed by atoms with Gasteiger partial charge in [0.15, 0.2) is 0 Å². The van der Waals surface area contributed by atoms with Crippen LogP contribution in [0.3, 0.4) is 0 Å². The number of hydrogen-bond acceptors (Lipinski definition) is 4. The van der Waals surface area contributed by atoms with E-state index in [1.54, 1.807) is 0 Å². The maximum absolute atomic E-state index is 10.0. The molecule has 2 aromatic rings. The summed E-state index contributed by atoms with van der Waals surface area (Å²) in [4.78, 5) is 9.52. The van der Waals surface area contributed by atoms with Gasteiger partial charge in [0.25, 0.3) is 0 Å². The van der Waals surface area contributed by atoms with Gasteiger partial charge < -0.3 is 5.11 Å². The van der Waals surface area contributed by atoms with Gasteiger partial charge in [-0.1, -0.05) is 36.4 Å². The fraction of sp³-hybridized carbons (Fsp3) is 0.500. The molecule has 0 bridgehead atoms. The Morgan fingerprint density at radius 2 is 1.73 bits per heavy atom. The lowest BCUT2D eigenvalue weighted by atomic mass is 9.71.